The fourth-order valence-electron chi connectivity index (χ4n) is 2.85. The number of hydrogen-bond donors (Lipinski definition) is 2. The van der Waals surface area contributed by atoms with Crippen LogP contribution >= 0.6 is 0 Å². The van der Waals surface area contributed by atoms with Gasteiger partial charge in [-0.25, -0.2) is 0 Å². The molecule has 0 fully saturated rings. The van der Waals surface area contributed by atoms with Gasteiger partial charge in [-0.1, -0.05) is 36.4 Å². The number of nitrogens with one attached hydrogen (secondary N) is 2. The van der Waals surface area contributed by atoms with E-state index in [4.69, 9.17) is 0 Å². The van der Waals surface area contributed by atoms with Crippen LogP contribution < -0.4 is 10.6 Å². The van der Waals surface area contributed by atoms with Crippen molar-refractivity contribution in [1.82, 2.24) is 0 Å². The summed E-state index contributed by atoms with van der Waals surface area (Å²) in [6.07, 6.45) is 0. The van der Waals surface area contributed by atoms with Gasteiger partial charge in [0.05, 0.1) is 11.4 Å². The maximum Gasteiger partial charge on any atom is 0.294 e. The van der Waals surface area contributed by atoms with Crippen LogP contribution in [0.3, 0.4) is 0 Å². The highest BCUT2D eigenvalue weighted by Gasteiger charge is 2.13. The van der Waals surface area contributed by atoms with E-state index in [2.05, 4.69) is 20.3 Å². The summed E-state index contributed by atoms with van der Waals surface area (Å²) in [5, 5.41) is 24.2. The van der Waals surface area contributed by atoms with Crippen molar-refractivity contribution in [2.75, 3.05) is 10.6 Å². The Morgan fingerprint density at radius 3 is 1.32 bits per heavy atom. The second-order valence-corrected chi connectivity index (χ2v) is 6.84. The summed E-state index contributed by atoms with van der Waals surface area (Å²) in [4.78, 5) is 54.4. The normalized spacial score (nSPS) is 10.1. The third-order valence-corrected chi connectivity index (χ3v) is 4.53. The molecule has 0 aliphatic carbocycles. The fraction of sp³-hybridized carbons (Fsp3) is 0.0909. The van der Waals surface area contributed by atoms with Crippen LogP contribution in [0.5, 0.6) is 0 Å². The van der Waals surface area contributed by atoms with Crippen LogP contribution in [0, 0.1) is 20.2 Å². The maximum absolute atomic E-state index is 12.6. The minimum absolute atomic E-state index is 0.229. The van der Waals surface area contributed by atoms with Crippen LogP contribution in [0.2, 0.25) is 0 Å². The monoisotopic (exact) mass is 466 g/mol. The molecule has 3 aromatic carbocycles. The van der Waals surface area contributed by atoms with Gasteiger partial charge in [-0.15, -0.1) is 20.2 Å². The van der Waals surface area contributed by atoms with Gasteiger partial charge in [-0.05, 0) is 47.5 Å². The van der Waals surface area contributed by atoms with Crippen molar-refractivity contribution in [1.29, 1.82) is 0 Å². The summed E-state index contributed by atoms with van der Waals surface area (Å²) < 4.78 is 0. The smallest absolute Gasteiger partial charge is 0.294 e. The highest BCUT2D eigenvalue weighted by atomic mass is 17.0. The Morgan fingerprint density at radius 1 is 0.647 bits per heavy atom. The van der Waals surface area contributed by atoms with Crippen LogP contribution in [0.15, 0.2) is 72.8 Å². The van der Waals surface area contributed by atoms with Gasteiger partial charge in [0.25, 0.3) is 22.0 Å². The van der Waals surface area contributed by atoms with Gasteiger partial charge >= 0.3 is 0 Å². The van der Waals surface area contributed by atoms with Gasteiger partial charge in [0.15, 0.2) is 0 Å². The fourth-order valence-corrected chi connectivity index (χ4v) is 2.85. The molecule has 0 aliphatic rings. The Hall–Kier alpha value is -5.00. The minimum atomic E-state index is -0.898. The number of rotatable bonds is 10. The lowest BCUT2D eigenvalue weighted by atomic mass is 10.1. The summed E-state index contributed by atoms with van der Waals surface area (Å²) in [6.45, 7) is -0.457. The lowest BCUT2D eigenvalue weighted by molar-refractivity contribution is -0.763. The molecule has 2 N–H and O–H groups in total. The summed E-state index contributed by atoms with van der Waals surface area (Å²) in [5.74, 6) is -0.892. The molecule has 0 saturated heterocycles. The summed E-state index contributed by atoms with van der Waals surface area (Å²) in [7, 11) is 0. The van der Waals surface area contributed by atoms with Crippen LogP contribution in [0.25, 0.3) is 0 Å². The first-order valence-electron chi connectivity index (χ1n) is 9.76. The zero-order chi connectivity index (χ0) is 24.5. The molecule has 0 aromatic heterocycles. The standard InChI is InChI=1S/C22H18N4O8/c27-21(17-9-5-15(6-10-17)13-33-25(29)30)23-19-3-1-2-4-20(19)24-22(28)18-11-7-16(8-12-18)14-34-26(31)32/h1-12H,13-14H2,(H,23,27)(H,24,28). The maximum atomic E-state index is 12.6. The molecule has 34 heavy (non-hydrogen) atoms. The first kappa shape index (κ1) is 23.7. The molecule has 174 valence electrons. The Balaban J connectivity index is 1.65. The molecule has 0 bridgehead atoms. The number of hydrogen-bond acceptors (Lipinski definition) is 8. The van der Waals surface area contributed by atoms with Crippen molar-refractivity contribution in [3.05, 3.63) is 115 Å². The van der Waals surface area contributed by atoms with E-state index in [1.165, 1.54) is 48.5 Å². The number of carbonyl (C=O) groups is 2. The van der Waals surface area contributed by atoms with Gasteiger partial charge in [-0.2, -0.15) is 0 Å². The van der Waals surface area contributed by atoms with E-state index in [9.17, 15) is 29.8 Å². The van der Waals surface area contributed by atoms with Crippen molar-refractivity contribution in [3.63, 3.8) is 0 Å². The number of para-hydroxylation sites is 2. The predicted octanol–water partition coefficient (Wildman–Crippen LogP) is 3.61. The molecule has 0 heterocycles. The molecule has 3 aromatic rings. The van der Waals surface area contributed by atoms with Crippen molar-refractivity contribution in [2.45, 2.75) is 13.2 Å². The Labute approximate surface area is 192 Å². The van der Waals surface area contributed by atoms with Crippen molar-refractivity contribution in [3.8, 4) is 0 Å². The largest absolute Gasteiger partial charge is 0.320 e. The average Bonchev–Trinajstić information content (AvgIpc) is 2.83. The summed E-state index contributed by atoms with van der Waals surface area (Å²) in [5.41, 5.74) is 2.38. The SMILES string of the molecule is O=C(Nc1ccccc1NC(=O)c1ccc(CO[N+](=O)[O-])cc1)c1ccc(CO[N+](=O)[O-])cc1. The van der Waals surface area contributed by atoms with Gasteiger partial charge < -0.3 is 20.3 Å². The molecule has 0 saturated carbocycles. The van der Waals surface area contributed by atoms with E-state index < -0.39 is 22.0 Å². The number of anilines is 2. The van der Waals surface area contributed by atoms with Crippen molar-refractivity contribution < 1.29 is 29.4 Å². The van der Waals surface area contributed by atoms with Gasteiger partial charge in [0, 0.05) is 11.1 Å². The van der Waals surface area contributed by atoms with Gasteiger partial charge in [-0.3, -0.25) is 9.59 Å². The Kier molecular flexibility index (Phi) is 7.68. The minimum Gasteiger partial charge on any atom is -0.320 e. The first-order valence-corrected chi connectivity index (χ1v) is 9.76. The highest BCUT2D eigenvalue weighted by Crippen LogP contribution is 2.23. The molecule has 12 nitrogen and oxygen atoms in total. The summed E-state index contributed by atoms with van der Waals surface area (Å²) in [6, 6.07) is 18.7. The van der Waals surface area contributed by atoms with Crippen LogP contribution in [0.4, 0.5) is 11.4 Å². The second kappa shape index (κ2) is 11.0. The molecule has 0 spiro atoms. The molecule has 3 rings (SSSR count). The molecular weight excluding hydrogens is 448 g/mol. The first-order chi connectivity index (χ1) is 16.3. The van der Waals surface area contributed by atoms with E-state index in [0.717, 1.165) is 0 Å². The lowest BCUT2D eigenvalue weighted by Crippen LogP contribution is -2.17. The van der Waals surface area contributed by atoms with Crippen LogP contribution in [-0.2, 0) is 22.9 Å². The third-order valence-electron chi connectivity index (χ3n) is 4.53. The molecule has 0 atom stereocenters. The topological polar surface area (TPSA) is 163 Å². The molecule has 2 amide bonds. The zero-order valence-electron chi connectivity index (χ0n) is 17.5. The van der Waals surface area contributed by atoms with Crippen molar-refractivity contribution in [2.24, 2.45) is 0 Å². The van der Waals surface area contributed by atoms with E-state index in [-0.39, 0.29) is 13.2 Å². The number of amides is 2. The third kappa shape index (κ3) is 6.75. The van der Waals surface area contributed by atoms with Gasteiger partial charge in [0.2, 0.25) is 0 Å². The molecule has 0 radical (unpaired) electrons. The average molecular weight is 466 g/mol. The van der Waals surface area contributed by atoms with Crippen LogP contribution in [-0.4, -0.2) is 22.0 Å². The Morgan fingerprint density at radius 2 is 1.00 bits per heavy atom. The summed E-state index contributed by atoms with van der Waals surface area (Å²) >= 11 is 0. The van der Waals surface area contributed by atoms with E-state index in [1.807, 2.05) is 0 Å². The number of benzene rings is 3. The zero-order valence-corrected chi connectivity index (χ0v) is 17.5. The molecule has 12 heteroatoms. The number of carbonyl (C=O) groups excluding carboxylic acids is 2. The van der Waals surface area contributed by atoms with E-state index >= 15 is 0 Å². The quantitative estimate of drug-likeness (QED) is 0.338. The lowest BCUT2D eigenvalue weighted by Gasteiger charge is -2.13. The second-order valence-electron chi connectivity index (χ2n) is 6.84. The highest BCUT2D eigenvalue weighted by molar-refractivity contribution is 6.09. The number of nitrogens with zero attached hydrogens (tertiary/aromatic N) is 2. The van der Waals surface area contributed by atoms with Crippen LogP contribution in [0.1, 0.15) is 31.8 Å². The van der Waals surface area contributed by atoms with E-state index in [0.29, 0.717) is 33.6 Å². The van der Waals surface area contributed by atoms with E-state index in [1.54, 1.807) is 24.3 Å². The van der Waals surface area contributed by atoms with Crippen molar-refractivity contribution >= 4 is 23.2 Å². The molecule has 0 unspecified atom stereocenters. The van der Waals surface area contributed by atoms with Gasteiger partial charge in [0.1, 0.15) is 13.2 Å². The molecule has 0 aliphatic heterocycles. The Bertz CT molecular complexity index is 1100. The predicted molar refractivity (Wildman–Crippen MR) is 119 cm³/mol. The molecular formula is C22H18N4O8.